The molecule has 1 aromatic carbocycles. The number of halogens is 3. The smallest absolute Gasteiger partial charge is 0.337 e. The molecule has 4 nitrogen and oxygen atoms in total. The largest absolute Gasteiger partial charge is 0.389 e. The SMILES string of the molecule is O=C(c1ccccc1CCC(F)(F)F)N1CCC(N2CCNCC2)C1. The van der Waals surface area contributed by atoms with Gasteiger partial charge in [-0.3, -0.25) is 9.69 Å². The Bertz CT molecular complexity index is 599. The summed E-state index contributed by atoms with van der Waals surface area (Å²) in [7, 11) is 0. The van der Waals surface area contributed by atoms with Gasteiger partial charge in [0.15, 0.2) is 0 Å². The molecule has 1 N–H and O–H groups in total. The average molecular weight is 355 g/mol. The molecule has 2 heterocycles. The van der Waals surface area contributed by atoms with E-state index in [9.17, 15) is 18.0 Å². The van der Waals surface area contributed by atoms with E-state index in [2.05, 4.69) is 10.2 Å². The molecule has 0 spiro atoms. The van der Waals surface area contributed by atoms with Crippen LogP contribution in [0.25, 0.3) is 0 Å². The molecule has 1 atom stereocenters. The summed E-state index contributed by atoms with van der Waals surface area (Å²) in [5, 5.41) is 3.32. The first-order valence-corrected chi connectivity index (χ1v) is 8.83. The van der Waals surface area contributed by atoms with E-state index in [1.165, 1.54) is 0 Å². The number of nitrogens with zero attached hydrogens (tertiary/aromatic N) is 2. The summed E-state index contributed by atoms with van der Waals surface area (Å²) >= 11 is 0. The van der Waals surface area contributed by atoms with Crippen LogP contribution in [-0.2, 0) is 6.42 Å². The van der Waals surface area contributed by atoms with Crippen LogP contribution < -0.4 is 5.32 Å². The van der Waals surface area contributed by atoms with Crippen molar-refractivity contribution in [2.75, 3.05) is 39.3 Å². The van der Waals surface area contributed by atoms with Crippen LogP contribution in [0.4, 0.5) is 13.2 Å². The molecule has 2 saturated heterocycles. The molecule has 0 bridgehead atoms. The summed E-state index contributed by atoms with van der Waals surface area (Å²) in [6, 6.07) is 7.03. The number of carbonyl (C=O) groups excluding carboxylic acids is 1. The second-order valence-corrected chi connectivity index (χ2v) is 6.75. The highest BCUT2D eigenvalue weighted by molar-refractivity contribution is 5.95. The molecule has 1 unspecified atom stereocenters. The molecule has 3 rings (SSSR count). The van der Waals surface area contributed by atoms with E-state index < -0.39 is 12.6 Å². The van der Waals surface area contributed by atoms with E-state index in [-0.39, 0.29) is 12.3 Å². The first-order chi connectivity index (χ1) is 11.9. The summed E-state index contributed by atoms with van der Waals surface area (Å²) in [5.41, 5.74) is 0.892. The number of piperazine rings is 1. The van der Waals surface area contributed by atoms with Gasteiger partial charge >= 0.3 is 6.18 Å². The normalized spacial score (nSPS) is 22.4. The highest BCUT2D eigenvalue weighted by atomic mass is 19.4. The minimum absolute atomic E-state index is 0.143. The molecular weight excluding hydrogens is 331 g/mol. The van der Waals surface area contributed by atoms with Gasteiger partial charge in [0.05, 0.1) is 0 Å². The van der Waals surface area contributed by atoms with Crippen LogP contribution in [0.15, 0.2) is 24.3 Å². The zero-order valence-corrected chi connectivity index (χ0v) is 14.2. The van der Waals surface area contributed by atoms with Crippen LogP contribution in [0.2, 0.25) is 0 Å². The second-order valence-electron chi connectivity index (χ2n) is 6.75. The van der Waals surface area contributed by atoms with E-state index in [4.69, 9.17) is 0 Å². The Morgan fingerprint density at radius 1 is 1.16 bits per heavy atom. The predicted molar refractivity (Wildman–Crippen MR) is 89.6 cm³/mol. The lowest BCUT2D eigenvalue weighted by Crippen LogP contribution is -2.49. The van der Waals surface area contributed by atoms with E-state index >= 15 is 0 Å². The van der Waals surface area contributed by atoms with Crippen LogP contribution in [0.1, 0.15) is 28.8 Å². The van der Waals surface area contributed by atoms with E-state index in [1.807, 2.05) is 0 Å². The van der Waals surface area contributed by atoms with Crippen LogP contribution >= 0.6 is 0 Å². The molecule has 1 amide bonds. The lowest BCUT2D eigenvalue weighted by atomic mass is 10.0. The quantitative estimate of drug-likeness (QED) is 0.900. The third-order valence-corrected chi connectivity index (χ3v) is 5.04. The van der Waals surface area contributed by atoms with E-state index in [0.717, 1.165) is 32.6 Å². The predicted octanol–water partition coefficient (Wildman–Crippen LogP) is 2.30. The summed E-state index contributed by atoms with van der Waals surface area (Å²) in [5.74, 6) is -0.143. The summed E-state index contributed by atoms with van der Waals surface area (Å²) < 4.78 is 37.6. The number of nitrogens with one attached hydrogen (secondary N) is 1. The van der Waals surface area contributed by atoms with Crippen molar-refractivity contribution in [3.63, 3.8) is 0 Å². The average Bonchev–Trinajstić information content (AvgIpc) is 3.10. The maximum Gasteiger partial charge on any atom is 0.389 e. The van der Waals surface area contributed by atoms with Crippen molar-refractivity contribution in [2.45, 2.75) is 31.5 Å². The van der Waals surface area contributed by atoms with Crippen molar-refractivity contribution in [1.82, 2.24) is 15.1 Å². The van der Waals surface area contributed by atoms with Crippen molar-refractivity contribution in [3.8, 4) is 0 Å². The Hall–Kier alpha value is -1.60. The highest BCUT2D eigenvalue weighted by Gasteiger charge is 2.32. The number of hydrogen-bond donors (Lipinski definition) is 1. The molecule has 7 heteroatoms. The number of rotatable bonds is 4. The van der Waals surface area contributed by atoms with Crippen molar-refractivity contribution < 1.29 is 18.0 Å². The van der Waals surface area contributed by atoms with Crippen LogP contribution in [-0.4, -0.2) is 67.2 Å². The van der Waals surface area contributed by atoms with Crippen LogP contribution in [0.3, 0.4) is 0 Å². The van der Waals surface area contributed by atoms with Gasteiger partial charge in [0.2, 0.25) is 0 Å². The number of hydrogen-bond acceptors (Lipinski definition) is 3. The second kappa shape index (κ2) is 7.74. The van der Waals surface area contributed by atoms with Gasteiger partial charge in [0, 0.05) is 57.3 Å². The molecule has 138 valence electrons. The Morgan fingerprint density at radius 2 is 1.88 bits per heavy atom. The molecule has 0 saturated carbocycles. The van der Waals surface area contributed by atoms with Gasteiger partial charge in [-0.15, -0.1) is 0 Å². The maximum atomic E-state index is 12.8. The van der Waals surface area contributed by atoms with Crippen molar-refractivity contribution in [2.24, 2.45) is 0 Å². The number of carbonyl (C=O) groups is 1. The third kappa shape index (κ3) is 4.73. The number of amides is 1. The fourth-order valence-corrected chi connectivity index (χ4v) is 3.67. The number of likely N-dealkylation sites (tertiary alicyclic amines) is 1. The van der Waals surface area contributed by atoms with Gasteiger partial charge in [-0.2, -0.15) is 13.2 Å². The topological polar surface area (TPSA) is 35.6 Å². The van der Waals surface area contributed by atoms with E-state index in [1.54, 1.807) is 29.2 Å². The summed E-state index contributed by atoms with van der Waals surface area (Å²) in [6.45, 7) is 5.21. The van der Waals surface area contributed by atoms with Gasteiger partial charge in [-0.05, 0) is 24.5 Å². The first-order valence-electron chi connectivity index (χ1n) is 8.83. The van der Waals surface area contributed by atoms with Gasteiger partial charge in [0.25, 0.3) is 5.91 Å². The lowest BCUT2D eigenvalue weighted by Gasteiger charge is -2.32. The van der Waals surface area contributed by atoms with Crippen LogP contribution in [0.5, 0.6) is 0 Å². The number of benzene rings is 1. The molecule has 0 aliphatic carbocycles. The van der Waals surface area contributed by atoms with Crippen molar-refractivity contribution >= 4 is 5.91 Å². The number of alkyl halides is 3. The molecular formula is C18H24F3N3O. The fourth-order valence-electron chi connectivity index (χ4n) is 3.67. The molecule has 0 aromatic heterocycles. The molecule has 2 fully saturated rings. The Morgan fingerprint density at radius 3 is 2.60 bits per heavy atom. The van der Waals surface area contributed by atoms with Crippen molar-refractivity contribution in [1.29, 1.82) is 0 Å². The standard InChI is InChI=1S/C18H24F3N3O/c19-18(20,21)7-5-14-3-1-2-4-16(14)17(25)24-10-6-15(13-24)23-11-8-22-9-12-23/h1-4,15,22H,5-13H2. The first kappa shape index (κ1) is 18.2. The van der Waals surface area contributed by atoms with Crippen LogP contribution in [0, 0.1) is 0 Å². The molecule has 1 aromatic rings. The van der Waals surface area contributed by atoms with Gasteiger partial charge in [-0.25, -0.2) is 0 Å². The minimum Gasteiger partial charge on any atom is -0.337 e. The summed E-state index contributed by atoms with van der Waals surface area (Å²) in [4.78, 5) is 17.0. The van der Waals surface area contributed by atoms with E-state index in [0.29, 0.717) is 30.3 Å². The zero-order chi connectivity index (χ0) is 17.9. The zero-order valence-electron chi connectivity index (χ0n) is 14.2. The molecule has 2 aliphatic rings. The Balaban J connectivity index is 1.65. The highest BCUT2D eigenvalue weighted by Crippen LogP contribution is 2.25. The fraction of sp³-hybridized carbons (Fsp3) is 0.611. The lowest BCUT2D eigenvalue weighted by molar-refractivity contribution is -0.134. The monoisotopic (exact) mass is 355 g/mol. The summed E-state index contributed by atoms with van der Waals surface area (Å²) in [6.07, 6.45) is -4.34. The molecule has 25 heavy (non-hydrogen) atoms. The Kier molecular flexibility index (Phi) is 5.64. The minimum atomic E-state index is -4.21. The maximum absolute atomic E-state index is 12.8. The van der Waals surface area contributed by atoms with Gasteiger partial charge in [-0.1, -0.05) is 18.2 Å². The number of aryl methyl sites for hydroxylation is 1. The molecule has 2 aliphatic heterocycles. The van der Waals surface area contributed by atoms with Crippen molar-refractivity contribution in [3.05, 3.63) is 35.4 Å². The van der Waals surface area contributed by atoms with Gasteiger partial charge < -0.3 is 10.2 Å². The molecule has 0 radical (unpaired) electrons. The Labute approximate surface area is 146 Å². The van der Waals surface area contributed by atoms with Gasteiger partial charge in [0.1, 0.15) is 0 Å². The third-order valence-electron chi connectivity index (χ3n) is 5.04.